The lowest BCUT2D eigenvalue weighted by Gasteiger charge is -2.23. The molecule has 6 heteroatoms. The second-order valence-electron chi connectivity index (χ2n) is 5.32. The fraction of sp³-hybridized carbons (Fsp3) is 0.250. The van der Waals surface area contributed by atoms with Crippen LogP contribution in [0.1, 0.15) is 23.7 Å². The number of nitro benzene ring substituents is 1. The Morgan fingerprint density at radius 1 is 1.27 bits per heavy atom. The summed E-state index contributed by atoms with van der Waals surface area (Å²) in [5.74, 6) is -0.622. The van der Waals surface area contributed by atoms with Crippen LogP contribution >= 0.6 is 0 Å². The number of fused-ring (bicyclic) bond motifs is 1. The highest BCUT2D eigenvalue weighted by Gasteiger charge is 2.23. The molecule has 0 bridgehead atoms. The summed E-state index contributed by atoms with van der Waals surface area (Å²) in [6.07, 6.45) is -0.102. The number of rotatable bonds is 2. The molecule has 1 atom stereocenters. The normalized spacial score (nSPS) is 17.7. The first kappa shape index (κ1) is 14.5. The summed E-state index contributed by atoms with van der Waals surface area (Å²) in [4.78, 5) is 11.9. The molecule has 0 saturated carbocycles. The minimum Gasteiger partial charge on any atom is -0.388 e. The van der Waals surface area contributed by atoms with Crippen LogP contribution in [0.2, 0.25) is 0 Å². The highest BCUT2D eigenvalue weighted by molar-refractivity contribution is 5.53. The van der Waals surface area contributed by atoms with Gasteiger partial charge in [-0.25, -0.2) is 4.39 Å². The molecule has 1 N–H and O–H groups in total. The average Bonchev–Trinajstić information content (AvgIpc) is 2.67. The van der Waals surface area contributed by atoms with Crippen molar-refractivity contribution >= 4 is 11.4 Å². The number of benzene rings is 2. The van der Waals surface area contributed by atoms with Crippen LogP contribution in [-0.4, -0.2) is 16.6 Å². The second kappa shape index (κ2) is 5.73. The molecule has 5 nitrogen and oxygen atoms in total. The summed E-state index contributed by atoms with van der Waals surface area (Å²) in [6.45, 7) is 0.937. The predicted molar refractivity (Wildman–Crippen MR) is 80.1 cm³/mol. The maximum Gasteiger partial charge on any atom is 0.272 e. The largest absolute Gasteiger partial charge is 0.388 e. The van der Waals surface area contributed by atoms with Gasteiger partial charge in [-0.1, -0.05) is 24.3 Å². The SMILES string of the molecule is O=[N+]([O-])c1ccc(N2CC[C@@H](O)c3ccccc3C2)c(F)c1. The van der Waals surface area contributed by atoms with Crippen molar-refractivity contribution < 1.29 is 14.4 Å². The summed E-state index contributed by atoms with van der Waals surface area (Å²) in [6, 6.07) is 11.2. The number of aliphatic hydroxyl groups is 1. The van der Waals surface area contributed by atoms with E-state index in [1.54, 1.807) is 4.90 Å². The van der Waals surface area contributed by atoms with Crippen LogP contribution < -0.4 is 4.90 Å². The van der Waals surface area contributed by atoms with Gasteiger partial charge in [0.25, 0.3) is 5.69 Å². The highest BCUT2D eigenvalue weighted by atomic mass is 19.1. The number of halogens is 1. The van der Waals surface area contributed by atoms with E-state index in [1.807, 2.05) is 24.3 Å². The van der Waals surface area contributed by atoms with Gasteiger partial charge < -0.3 is 10.0 Å². The molecule has 3 rings (SSSR count). The summed E-state index contributed by atoms with van der Waals surface area (Å²) in [5.41, 5.74) is 1.84. The van der Waals surface area contributed by atoms with Gasteiger partial charge in [0.05, 0.1) is 22.8 Å². The number of aliphatic hydroxyl groups excluding tert-OH is 1. The molecule has 0 aliphatic carbocycles. The number of anilines is 1. The number of nitro groups is 1. The Morgan fingerprint density at radius 3 is 2.77 bits per heavy atom. The van der Waals surface area contributed by atoms with Gasteiger partial charge in [-0.3, -0.25) is 10.1 Å². The van der Waals surface area contributed by atoms with Crippen molar-refractivity contribution in [2.45, 2.75) is 19.1 Å². The van der Waals surface area contributed by atoms with Crippen LogP contribution in [0.25, 0.3) is 0 Å². The van der Waals surface area contributed by atoms with E-state index >= 15 is 0 Å². The van der Waals surface area contributed by atoms with Gasteiger partial charge in [-0.15, -0.1) is 0 Å². The first-order valence-corrected chi connectivity index (χ1v) is 7.01. The topological polar surface area (TPSA) is 66.6 Å². The average molecular weight is 302 g/mol. The highest BCUT2D eigenvalue weighted by Crippen LogP contribution is 2.31. The summed E-state index contributed by atoms with van der Waals surface area (Å²) < 4.78 is 14.2. The van der Waals surface area contributed by atoms with E-state index in [4.69, 9.17) is 0 Å². The van der Waals surface area contributed by atoms with Gasteiger partial charge in [0, 0.05) is 19.2 Å². The third kappa shape index (κ3) is 2.65. The molecule has 0 aromatic heterocycles. The number of hydrogen-bond donors (Lipinski definition) is 1. The fourth-order valence-electron chi connectivity index (χ4n) is 2.79. The molecule has 1 aliphatic rings. The number of hydrogen-bond acceptors (Lipinski definition) is 4. The monoisotopic (exact) mass is 302 g/mol. The zero-order valence-corrected chi connectivity index (χ0v) is 11.8. The summed E-state index contributed by atoms with van der Waals surface area (Å²) in [5, 5.41) is 20.9. The van der Waals surface area contributed by atoms with Crippen molar-refractivity contribution in [3.05, 3.63) is 69.5 Å². The molecule has 1 aliphatic heterocycles. The minimum atomic E-state index is -0.622. The second-order valence-corrected chi connectivity index (χ2v) is 5.32. The van der Waals surface area contributed by atoms with E-state index in [9.17, 15) is 19.6 Å². The molecule has 22 heavy (non-hydrogen) atoms. The molecule has 0 amide bonds. The smallest absolute Gasteiger partial charge is 0.272 e. The molecule has 0 radical (unpaired) electrons. The van der Waals surface area contributed by atoms with Crippen LogP contribution in [-0.2, 0) is 6.54 Å². The fourth-order valence-corrected chi connectivity index (χ4v) is 2.79. The van der Waals surface area contributed by atoms with E-state index in [0.717, 1.165) is 17.2 Å². The molecular weight excluding hydrogens is 287 g/mol. The van der Waals surface area contributed by atoms with Gasteiger partial charge >= 0.3 is 0 Å². The van der Waals surface area contributed by atoms with Crippen LogP contribution in [0.15, 0.2) is 42.5 Å². The lowest BCUT2D eigenvalue weighted by molar-refractivity contribution is -0.385. The molecule has 1 heterocycles. The third-order valence-corrected chi connectivity index (χ3v) is 3.93. The van der Waals surface area contributed by atoms with Gasteiger partial charge in [0.15, 0.2) is 5.82 Å². The lowest BCUT2D eigenvalue weighted by atomic mass is 10.0. The van der Waals surface area contributed by atoms with Crippen molar-refractivity contribution in [1.29, 1.82) is 0 Å². The third-order valence-electron chi connectivity index (χ3n) is 3.93. The van der Waals surface area contributed by atoms with Crippen molar-refractivity contribution in [2.75, 3.05) is 11.4 Å². The van der Waals surface area contributed by atoms with Crippen LogP contribution in [0.4, 0.5) is 15.8 Å². The first-order chi connectivity index (χ1) is 10.6. The minimum absolute atomic E-state index is 0.267. The van der Waals surface area contributed by atoms with Crippen molar-refractivity contribution in [2.24, 2.45) is 0 Å². The maximum absolute atomic E-state index is 14.2. The van der Waals surface area contributed by atoms with Gasteiger partial charge in [0.2, 0.25) is 0 Å². The Kier molecular flexibility index (Phi) is 3.77. The summed E-state index contributed by atoms with van der Waals surface area (Å²) in [7, 11) is 0. The van der Waals surface area contributed by atoms with Gasteiger partial charge in [-0.05, 0) is 23.6 Å². The van der Waals surface area contributed by atoms with E-state index in [1.165, 1.54) is 12.1 Å². The van der Waals surface area contributed by atoms with E-state index in [2.05, 4.69) is 0 Å². The Morgan fingerprint density at radius 2 is 2.05 bits per heavy atom. The Bertz CT molecular complexity index is 720. The Labute approximate surface area is 126 Å². The quantitative estimate of drug-likeness (QED) is 0.683. The molecular formula is C16H15FN2O3. The molecule has 0 spiro atoms. The van der Waals surface area contributed by atoms with Crippen molar-refractivity contribution in [1.82, 2.24) is 0 Å². The zero-order valence-electron chi connectivity index (χ0n) is 11.8. The molecule has 0 unspecified atom stereocenters. The summed E-state index contributed by atoms with van der Waals surface area (Å²) >= 11 is 0. The number of nitrogens with zero attached hydrogens (tertiary/aromatic N) is 2. The lowest BCUT2D eigenvalue weighted by Crippen LogP contribution is -2.23. The first-order valence-electron chi connectivity index (χ1n) is 7.01. The van der Waals surface area contributed by atoms with E-state index in [-0.39, 0.29) is 5.69 Å². The van der Waals surface area contributed by atoms with Crippen LogP contribution in [0, 0.1) is 15.9 Å². The van der Waals surface area contributed by atoms with E-state index in [0.29, 0.717) is 25.2 Å². The van der Waals surface area contributed by atoms with Gasteiger partial charge in [0.1, 0.15) is 0 Å². The van der Waals surface area contributed by atoms with Gasteiger partial charge in [-0.2, -0.15) is 0 Å². The molecule has 2 aromatic carbocycles. The standard InChI is InChI=1S/C16H15FN2O3/c17-14-9-12(19(21)22)5-6-15(14)18-8-7-16(20)13-4-2-1-3-11(13)10-18/h1-6,9,16,20H,7-8,10H2/t16-/m1/s1. The predicted octanol–water partition coefficient (Wildman–Crippen LogP) is 3.18. The molecule has 2 aromatic rings. The molecule has 0 fully saturated rings. The molecule has 0 saturated heterocycles. The van der Waals surface area contributed by atoms with Crippen LogP contribution in [0.5, 0.6) is 0 Å². The number of non-ortho nitro benzene ring substituents is 1. The molecule has 114 valence electrons. The maximum atomic E-state index is 14.2. The van der Waals surface area contributed by atoms with Crippen molar-refractivity contribution in [3.63, 3.8) is 0 Å². The Hall–Kier alpha value is -2.47. The zero-order chi connectivity index (χ0) is 15.7. The van der Waals surface area contributed by atoms with Crippen LogP contribution in [0.3, 0.4) is 0 Å². The van der Waals surface area contributed by atoms with Crippen molar-refractivity contribution in [3.8, 4) is 0 Å². The van der Waals surface area contributed by atoms with E-state index < -0.39 is 16.8 Å². The Balaban J connectivity index is 1.95.